The fraction of sp³-hybridized carbons (Fsp3) is 0.739. The minimum atomic E-state index is -1.01. The van der Waals surface area contributed by atoms with Crippen LogP contribution in [0.2, 0.25) is 0 Å². The van der Waals surface area contributed by atoms with Crippen molar-refractivity contribution in [2.45, 2.75) is 187 Å². The Morgan fingerprint density at radius 3 is 2.15 bits per heavy atom. The Balaban J connectivity index is 0.967. The lowest BCUT2D eigenvalue weighted by Crippen LogP contribution is -2.50. The maximum atomic E-state index is 12.9. The molecular weight excluding hydrogens is 661 g/mol. The van der Waals surface area contributed by atoms with E-state index in [0.29, 0.717) is 24.2 Å². The van der Waals surface area contributed by atoms with Gasteiger partial charge in [-0.15, -0.1) is 0 Å². The largest absolute Gasteiger partial charge is 0.480 e. The van der Waals surface area contributed by atoms with Crippen LogP contribution in [0.1, 0.15) is 180 Å². The molecule has 7 atom stereocenters. The number of allylic oxidation sites excluding steroid dienone is 3. The van der Waals surface area contributed by atoms with Crippen molar-refractivity contribution in [1.82, 2.24) is 10.3 Å². The summed E-state index contributed by atoms with van der Waals surface area (Å²) in [6, 6.07) is 3.35. The van der Waals surface area contributed by atoms with Gasteiger partial charge in [-0.25, -0.2) is 4.79 Å². The van der Waals surface area contributed by atoms with Gasteiger partial charge in [0, 0.05) is 25.2 Å². The maximum absolute atomic E-state index is 12.9. The zero-order valence-corrected chi connectivity index (χ0v) is 33.3. The molecule has 2 fully saturated rings. The highest BCUT2D eigenvalue weighted by molar-refractivity contribution is 5.85. The number of nitrogens with one attached hydrogen (secondary N) is 1. The molecule has 4 aliphatic rings. The summed E-state index contributed by atoms with van der Waals surface area (Å²) in [6.45, 7) is 7.21. The lowest BCUT2D eigenvalue weighted by molar-refractivity contribution is -0.152. The fourth-order valence-corrected chi connectivity index (χ4v) is 10.8. The predicted molar refractivity (Wildman–Crippen MR) is 213 cm³/mol. The number of aromatic nitrogens is 1. The molecule has 0 aromatic carbocycles. The Hall–Kier alpha value is -2.96. The summed E-state index contributed by atoms with van der Waals surface area (Å²) in [4.78, 5) is 41.8. The van der Waals surface area contributed by atoms with Gasteiger partial charge in [-0.05, 0) is 90.7 Å². The third kappa shape index (κ3) is 10.8. The molecule has 2 N–H and O–H groups in total. The minimum absolute atomic E-state index is 0.0267. The number of carboxylic acid groups (broad SMARTS) is 1. The second-order valence-electron chi connectivity index (χ2n) is 17.5. The normalized spacial score (nSPS) is 28.1. The second-order valence-corrected chi connectivity index (χ2v) is 17.5. The topological polar surface area (TPSA) is 106 Å². The van der Waals surface area contributed by atoms with E-state index >= 15 is 0 Å². The number of carboxylic acids is 1. The zero-order chi connectivity index (χ0) is 37.7. The van der Waals surface area contributed by atoms with Crippen LogP contribution in [-0.2, 0) is 19.1 Å². The number of aliphatic carboxylic acids is 1. The van der Waals surface area contributed by atoms with Crippen LogP contribution in [0.4, 0.5) is 0 Å². The first-order valence-electron chi connectivity index (χ1n) is 21.7. The van der Waals surface area contributed by atoms with Crippen LogP contribution >= 0.6 is 0 Å². The third-order valence-electron chi connectivity index (χ3n) is 13.9. The average molecular weight is 731 g/mol. The van der Waals surface area contributed by atoms with Crippen molar-refractivity contribution in [1.29, 1.82) is 0 Å². The summed E-state index contributed by atoms with van der Waals surface area (Å²) in [5.74, 6) is 0.186. The Morgan fingerprint density at radius 2 is 1.51 bits per heavy atom. The summed E-state index contributed by atoms with van der Waals surface area (Å²) < 4.78 is 5.94. The minimum Gasteiger partial charge on any atom is -0.480 e. The van der Waals surface area contributed by atoms with Crippen molar-refractivity contribution in [3.05, 3.63) is 47.8 Å². The lowest BCUT2D eigenvalue weighted by atomic mass is 9.47. The molecule has 53 heavy (non-hydrogen) atoms. The fourth-order valence-electron chi connectivity index (χ4n) is 10.8. The first-order chi connectivity index (χ1) is 25.7. The smallest absolute Gasteiger partial charge is 0.326 e. The summed E-state index contributed by atoms with van der Waals surface area (Å²) in [5, 5.41) is 12.4. The molecule has 1 aromatic rings. The summed E-state index contributed by atoms with van der Waals surface area (Å²) >= 11 is 0. The highest BCUT2D eigenvalue weighted by Gasteiger charge is 2.57. The Labute approximate surface area is 320 Å². The summed E-state index contributed by atoms with van der Waals surface area (Å²) in [6.07, 6.45) is 33.7. The number of ether oxygens (including phenoxy) is 1. The van der Waals surface area contributed by atoms with Gasteiger partial charge in [0.15, 0.2) is 0 Å². The Bertz CT molecular complexity index is 1410. The predicted octanol–water partition coefficient (Wildman–Crippen LogP) is 11.2. The van der Waals surface area contributed by atoms with Crippen LogP contribution in [0.15, 0.2) is 42.3 Å². The molecule has 1 amide bonds. The van der Waals surface area contributed by atoms with Gasteiger partial charge in [0.1, 0.15) is 12.1 Å². The van der Waals surface area contributed by atoms with Gasteiger partial charge >= 0.3 is 11.9 Å². The summed E-state index contributed by atoms with van der Waals surface area (Å²) in [7, 11) is 0. The van der Waals surface area contributed by atoms with Gasteiger partial charge < -0.3 is 15.2 Å². The number of esters is 1. The van der Waals surface area contributed by atoms with Crippen LogP contribution in [0.5, 0.6) is 0 Å². The number of hydrogen-bond donors (Lipinski definition) is 2. The average Bonchev–Trinajstić information content (AvgIpc) is 3.51. The highest BCUT2D eigenvalue weighted by Crippen LogP contribution is 2.66. The molecule has 294 valence electrons. The van der Waals surface area contributed by atoms with Crippen LogP contribution in [0.25, 0.3) is 5.57 Å². The van der Waals surface area contributed by atoms with Crippen LogP contribution < -0.4 is 5.32 Å². The molecular formula is C46H70N2O5. The van der Waals surface area contributed by atoms with E-state index in [1.165, 1.54) is 100 Å². The van der Waals surface area contributed by atoms with Crippen LogP contribution in [-0.4, -0.2) is 40.1 Å². The van der Waals surface area contributed by atoms with E-state index in [4.69, 9.17) is 4.74 Å². The molecule has 0 bridgehead atoms. The van der Waals surface area contributed by atoms with Crippen LogP contribution in [0, 0.1) is 28.6 Å². The molecule has 2 unspecified atom stereocenters. The van der Waals surface area contributed by atoms with Gasteiger partial charge in [-0.1, -0.05) is 134 Å². The number of nitrogens with zero attached hydrogens (tertiary/aromatic N) is 1. The molecule has 5 rings (SSSR count). The molecule has 0 aliphatic heterocycles. The van der Waals surface area contributed by atoms with E-state index in [2.05, 4.69) is 49.3 Å². The highest BCUT2D eigenvalue weighted by atomic mass is 16.5. The van der Waals surface area contributed by atoms with Crippen molar-refractivity contribution in [3.63, 3.8) is 0 Å². The van der Waals surface area contributed by atoms with Crippen molar-refractivity contribution in [2.75, 3.05) is 0 Å². The first kappa shape index (κ1) is 41.2. The number of carbonyl (C=O) groups is 3. The SMILES string of the molecule is CCCCCCCCCCCCCCCCC(NC(=O)CCC(=O)O[C@H]1CC[C@@]2(C)C(=CC[C@H]3C4CC=C(c5cccnc5)[C@@]4(C)CC[C@@H]32)C1)C(=O)O. The number of pyridine rings is 1. The Kier molecular flexibility index (Phi) is 15.6. The van der Waals surface area contributed by atoms with Gasteiger partial charge in [0.2, 0.25) is 5.91 Å². The number of unbranched alkanes of at least 4 members (excludes halogenated alkanes) is 13. The van der Waals surface area contributed by atoms with Gasteiger partial charge in [-0.2, -0.15) is 0 Å². The number of rotatable bonds is 22. The van der Waals surface area contributed by atoms with Crippen molar-refractivity contribution < 1.29 is 24.2 Å². The first-order valence-corrected chi connectivity index (χ1v) is 21.7. The molecule has 1 heterocycles. The van der Waals surface area contributed by atoms with E-state index in [-0.39, 0.29) is 35.7 Å². The van der Waals surface area contributed by atoms with Crippen LogP contribution in [0.3, 0.4) is 0 Å². The molecule has 7 nitrogen and oxygen atoms in total. The molecule has 0 radical (unpaired) electrons. The standard InChI is InChI=1S/C46H70N2O5/c1-4-5-6-7-8-9-10-11-12-13-14-15-16-17-20-41(44(51)52)48-42(49)25-26-43(50)53-36-27-29-45(2)35(32-36)21-22-37-39-24-23-38(34-19-18-31-47-33-34)46(39,3)30-28-40(37)45/h18-19,21,23,31,33,36-37,39-41H,4-17,20,22,24-30,32H2,1-3H3,(H,48,49)(H,51,52)/t36-,37-,39?,40-,41?,45-,46+/m0/s1. The third-order valence-corrected chi connectivity index (χ3v) is 13.9. The quantitative estimate of drug-likeness (QED) is 0.0699. The molecule has 0 spiro atoms. The number of hydrogen-bond acceptors (Lipinski definition) is 5. The number of carbonyl (C=O) groups excluding carboxylic acids is 2. The maximum Gasteiger partial charge on any atom is 0.326 e. The van der Waals surface area contributed by atoms with Crippen molar-refractivity contribution in [3.8, 4) is 0 Å². The van der Waals surface area contributed by atoms with Gasteiger partial charge in [0.05, 0.1) is 6.42 Å². The van der Waals surface area contributed by atoms with Crippen molar-refractivity contribution >= 4 is 23.4 Å². The lowest BCUT2D eigenvalue weighted by Gasteiger charge is -2.57. The molecule has 2 saturated carbocycles. The van der Waals surface area contributed by atoms with E-state index in [0.717, 1.165) is 51.4 Å². The van der Waals surface area contributed by atoms with Gasteiger partial charge in [0.25, 0.3) is 0 Å². The molecule has 0 saturated heterocycles. The van der Waals surface area contributed by atoms with Crippen molar-refractivity contribution in [2.24, 2.45) is 28.6 Å². The molecule has 1 aromatic heterocycles. The monoisotopic (exact) mass is 731 g/mol. The molecule has 7 heteroatoms. The second kappa shape index (κ2) is 20.1. The zero-order valence-electron chi connectivity index (χ0n) is 33.3. The number of fused-ring (bicyclic) bond motifs is 5. The molecule has 4 aliphatic carbocycles. The summed E-state index contributed by atoms with van der Waals surface area (Å²) in [5.41, 5.74) is 4.55. The van der Waals surface area contributed by atoms with Gasteiger partial charge in [-0.3, -0.25) is 14.6 Å². The number of amides is 1. The van der Waals surface area contributed by atoms with E-state index in [1.54, 1.807) is 0 Å². The Morgan fingerprint density at radius 1 is 0.849 bits per heavy atom. The van der Waals surface area contributed by atoms with E-state index in [9.17, 15) is 19.5 Å². The van der Waals surface area contributed by atoms with E-state index < -0.39 is 17.9 Å². The van der Waals surface area contributed by atoms with E-state index in [1.807, 2.05) is 18.5 Å².